The van der Waals surface area contributed by atoms with Gasteiger partial charge in [-0.3, -0.25) is 9.36 Å². The maximum atomic E-state index is 15.6. The van der Waals surface area contributed by atoms with Crippen LogP contribution in [0, 0.1) is 18.6 Å². The van der Waals surface area contributed by atoms with E-state index in [-0.39, 0.29) is 29.2 Å². The van der Waals surface area contributed by atoms with Gasteiger partial charge in [0.05, 0.1) is 29.3 Å². The fourth-order valence-electron chi connectivity index (χ4n) is 5.72. The number of thioether (sulfide) groups is 1. The fourth-order valence-corrected chi connectivity index (χ4v) is 7.11. The molecule has 230 valence electrons. The van der Waals surface area contributed by atoms with Crippen molar-refractivity contribution in [1.82, 2.24) is 9.88 Å². The number of methoxy groups -OCH3 is 1. The first-order valence-electron chi connectivity index (χ1n) is 13.8. The van der Waals surface area contributed by atoms with Gasteiger partial charge in [0.15, 0.2) is 23.1 Å². The van der Waals surface area contributed by atoms with E-state index in [0.29, 0.717) is 40.9 Å². The summed E-state index contributed by atoms with van der Waals surface area (Å²) in [6.45, 7) is 2.50. The molecule has 6 rings (SSSR count). The number of hydrogen-bond donors (Lipinski definition) is 1. The van der Waals surface area contributed by atoms with Crippen LogP contribution in [-0.4, -0.2) is 30.8 Å². The van der Waals surface area contributed by atoms with Crippen molar-refractivity contribution in [2.75, 3.05) is 26.2 Å². The van der Waals surface area contributed by atoms with Gasteiger partial charge in [-0.15, -0.1) is 11.8 Å². The van der Waals surface area contributed by atoms with E-state index in [1.54, 1.807) is 6.92 Å². The zero-order valence-corrected chi connectivity index (χ0v) is 24.5. The topological polar surface area (TPSA) is 61.7 Å². The third kappa shape index (κ3) is 5.41. The van der Waals surface area contributed by atoms with Crippen molar-refractivity contribution in [1.29, 1.82) is 0 Å². The van der Waals surface area contributed by atoms with Gasteiger partial charge in [0.2, 0.25) is 6.79 Å². The van der Waals surface area contributed by atoms with E-state index in [1.165, 1.54) is 41.6 Å². The van der Waals surface area contributed by atoms with E-state index in [1.807, 2.05) is 18.2 Å². The predicted molar refractivity (Wildman–Crippen MR) is 156 cm³/mol. The van der Waals surface area contributed by atoms with Crippen LogP contribution in [0.25, 0.3) is 11.1 Å². The maximum absolute atomic E-state index is 15.6. The van der Waals surface area contributed by atoms with Crippen LogP contribution in [0.3, 0.4) is 0 Å². The number of nitrogens with one attached hydrogen (secondary N) is 1. The van der Waals surface area contributed by atoms with Gasteiger partial charge in [-0.05, 0) is 53.9 Å². The molecule has 1 unspecified atom stereocenters. The monoisotopic (exact) mass is 630 g/mol. The van der Waals surface area contributed by atoms with Crippen LogP contribution in [-0.2, 0) is 19.1 Å². The van der Waals surface area contributed by atoms with Crippen LogP contribution >= 0.6 is 11.8 Å². The first kappa shape index (κ1) is 30.0. The second-order valence-corrected chi connectivity index (χ2v) is 11.5. The molecule has 2 aliphatic rings. The molecule has 2 aliphatic heterocycles. The van der Waals surface area contributed by atoms with Crippen LogP contribution in [0.1, 0.15) is 33.9 Å². The summed E-state index contributed by atoms with van der Waals surface area (Å²) in [5.41, 5.74) is -0.627. The minimum absolute atomic E-state index is 0.00619. The van der Waals surface area contributed by atoms with E-state index in [4.69, 9.17) is 14.2 Å². The number of pyridine rings is 1. The predicted octanol–water partition coefficient (Wildman–Crippen LogP) is 6.89. The molecule has 0 aliphatic carbocycles. The maximum Gasteiger partial charge on any atom is 0.416 e. The van der Waals surface area contributed by atoms with Crippen molar-refractivity contribution in [3.63, 3.8) is 0 Å². The molecular weight excluding hydrogens is 603 g/mol. The van der Waals surface area contributed by atoms with Gasteiger partial charge in [0, 0.05) is 36.4 Å². The van der Waals surface area contributed by atoms with Gasteiger partial charge in [0.1, 0.15) is 5.82 Å². The summed E-state index contributed by atoms with van der Waals surface area (Å²) in [7, 11) is 1.30. The molecular formula is C32H27F5N2O4S. The van der Waals surface area contributed by atoms with E-state index in [2.05, 4.69) is 5.32 Å². The smallest absolute Gasteiger partial charge is 0.416 e. The number of aromatic nitrogens is 1. The highest BCUT2D eigenvalue weighted by Crippen LogP contribution is 2.42. The molecule has 4 aromatic rings. The van der Waals surface area contributed by atoms with E-state index in [9.17, 15) is 18.0 Å². The Bertz CT molecular complexity index is 1810. The third-order valence-electron chi connectivity index (χ3n) is 7.89. The third-order valence-corrected chi connectivity index (χ3v) is 9.16. The van der Waals surface area contributed by atoms with Crippen molar-refractivity contribution >= 4 is 11.8 Å². The molecule has 12 heteroatoms. The van der Waals surface area contributed by atoms with Gasteiger partial charge in [-0.2, -0.15) is 13.2 Å². The Labute approximate surface area is 253 Å². The number of hydrogen-bond acceptors (Lipinski definition) is 6. The molecule has 3 heterocycles. The number of halogens is 5. The molecule has 1 atom stereocenters. The number of alkyl halides is 3. The first-order valence-corrected chi connectivity index (χ1v) is 14.7. The quantitative estimate of drug-likeness (QED) is 0.214. The second kappa shape index (κ2) is 11.8. The largest absolute Gasteiger partial charge is 0.494 e. The molecule has 1 aromatic heterocycles. The van der Waals surface area contributed by atoms with Gasteiger partial charge in [0.25, 0.3) is 5.56 Å². The first-order chi connectivity index (χ1) is 21.1. The molecule has 0 saturated heterocycles. The van der Waals surface area contributed by atoms with Crippen LogP contribution in [0.5, 0.6) is 17.2 Å². The van der Waals surface area contributed by atoms with E-state index >= 15 is 8.78 Å². The summed E-state index contributed by atoms with van der Waals surface area (Å²) in [5.74, 6) is -0.138. The number of ether oxygens (including phenoxy) is 3. The molecule has 0 amide bonds. The average Bonchev–Trinajstić information content (AvgIpc) is 3.63. The lowest BCUT2D eigenvalue weighted by Crippen LogP contribution is -2.33. The molecule has 3 aromatic carbocycles. The SMILES string of the molecule is COc1cccc(-c2c(C)c(Cc3c(F)cccc3C(F)(F)F)c3n(c2=O)C(CNCc2ccc4c(c2)OCO4)CS3)c1F. The molecule has 0 fully saturated rings. The van der Waals surface area contributed by atoms with Crippen molar-refractivity contribution < 1.29 is 36.2 Å². The van der Waals surface area contributed by atoms with Gasteiger partial charge >= 0.3 is 6.18 Å². The van der Waals surface area contributed by atoms with Crippen LogP contribution in [0.2, 0.25) is 0 Å². The van der Waals surface area contributed by atoms with Crippen molar-refractivity contribution in [2.45, 2.75) is 37.1 Å². The zero-order chi connectivity index (χ0) is 31.2. The number of rotatable bonds is 8. The lowest BCUT2D eigenvalue weighted by molar-refractivity contribution is -0.138. The Morgan fingerprint density at radius 1 is 1.05 bits per heavy atom. The summed E-state index contributed by atoms with van der Waals surface area (Å²) in [4.78, 5) is 14.1. The molecule has 1 N–H and O–H groups in total. The summed E-state index contributed by atoms with van der Waals surface area (Å²) in [6.07, 6.45) is -5.23. The summed E-state index contributed by atoms with van der Waals surface area (Å²) < 4.78 is 89.9. The van der Waals surface area contributed by atoms with Gasteiger partial charge in [-0.25, -0.2) is 8.78 Å². The highest BCUT2D eigenvalue weighted by Gasteiger charge is 2.37. The Morgan fingerprint density at radius 2 is 1.82 bits per heavy atom. The Kier molecular flexibility index (Phi) is 8.06. The Balaban J connectivity index is 1.43. The normalized spacial score (nSPS) is 15.5. The van der Waals surface area contributed by atoms with Crippen molar-refractivity contribution in [3.8, 4) is 28.4 Å². The standard InChI is InChI=1S/C32H27F5N2O4S/c1-17-21(12-22-23(32(35,36)37)6-4-7-24(22)33)31-39(30(40)28(17)20-5-3-8-26(41-2)29(20)34)19(15-44-31)14-38-13-18-9-10-25-27(11-18)43-16-42-25/h3-11,19,38H,12-16H2,1-2H3. The van der Waals surface area contributed by atoms with Crippen LogP contribution in [0.4, 0.5) is 22.0 Å². The Hall–Kier alpha value is -4.03. The molecule has 0 radical (unpaired) electrons. The molecule has 44 heavy (non-hydrogen) atoms. The number of benzene rings is 3. The van der Waals surface area contributed by atoms with Crippen LogP contribution < -0.4 is 25.1 Å². The molecule has 6 nitrogen and oxygen atoms in total. The molecule has 0 saturated carbocycles. The minimum atomic E-state index is -4.80. The number of fused-ring (bicyclic) bond motifs is 2. The minimum Gasteiger partial charge on any atom is -0.494 e. The van der Waals surface area contributed by atoms with Crippen molar-refractivity contribution in [2.24, 2.45) is 0 Å². The van der Waals surface area contributed by atoms with Crippen molar-refractivity contribution in [3.05, 3.63) is 104 Å². The highest BCUT2D eigenvalue weighted by molar-refractivity contribution is 7.99. The van der Waals surface area contributed by atoms with E-state index in [0.717, 1.165) is 23.8 Å². The lowest BCUT2D eigenvalue weighted by Gasteiger charge is -2.22. The number of nitrogens with zero attached hydrogens (tertiary/aromatic N) is 1. The van der Waals surface area contributed by atoms with Gasteiger partial charge in [-0.1, -0.05) is 24.3 Å². The van der Waals surface area contributed by atoms with Gasteiger partial charge < -0.3 is 19.5 Å². The molecule has 0 bridgehead atoms. The second-order valence-electron chi connectivity index (χ2n) is 10.5. The summed E-state index contributed by atoms with van der Waals surface area (Å²) in [5, 5.41) is 3.78. The fraction of sp³-hybridized carbons (Fsp3) is 0.281. The zero-order valence-electron chi connectivity index (χ0n) is 23.7. The highest BCUT2D eigenvalue weighted by atomic mass is 32.2. The summed E-state index contributed by atoms with van der Waals surface area (Å²) >= 11 is 1.31. The van der Waals surface area contributed by atoms with E-state index < -0.39 is 47.0 Å². The molecule has 0 spiro atoms. The Morgan fingerprint density at radius 3 is 2.59 bits per heavy atom. The summed E-state index contributed by atoms with van der Waals surface area (Å²) in [6, 6.07) is 12.4. The lowest BCUT2D eigenvalue weighted by atomic mass is 9.92. The average molecular weight is 631 g/mol. The van der Waals surface area contributed by atoms with Crippen LogP contribution in [0.15, 0.2) is 64.4 Å².